The molecule has 2 atom stereocenters. The van der Waals surface area contributed by atoms with E-state index in [-0.39, 0.29) is 5.82 Å². The van der Waals surface area contributed by atoms with Crippen LogP contribution in [-0.4, -0.2) is 6.04 Å². The average molecular weight is 209 g/mol. The van der Waals surface area contributed by atoms with E-state index in [1.54, 1.807) is 12.1 Å². The molecule has 1 N–H and O–H groups in total. The van der Waals surface area contributed by atoms with Crippen LogP contribution in [-0.2, 0) is 6.54 Å². The Hall–Kier alpha value is -0.890. The van der Waals surface area contributed by atoms with E-state index in [9.17, 15) is 4.39 Å². The Bertz CT molecular complexity index is 298. The molecule has 0 aliphatic heterocycles. The lowest BCUT2D eigenvalue weighted by Crippen LogP contribution is -2.31. The average Bonchev–Trinajstić information content (AvgIpc) is 2.25. The lowest BCUT2D eigenvalue weighted by atomic mass is 10.0. The molecule has 1 aromatic carbocycles. The van der Waals surface area contributed by atoms with Gasteiger partial charge in [-0.1, -0.05) is 32.4 Å². The van der Waals surface area contributed by atoms with Crippen molar-refractivity contribution in [2.24, 2.45) is 5.92 Å². The van der Waals surface area contributed by atoms with Crippen LogP contribution in [0.4, 0.5) is 4.39 Å². The summed E-state index contributed by atoms with van der Waals surface area (Å²) in [4.78, 5) is 0. The summed E-state index contributed by atoms with van der Waals surface area (Å²) in [5, 5.41) is 3.41. The first-order valence-corrected chi connectivity index (χ1v) is 5.61. The number of rotatable bonds is 5. The molecule has 0 aromatic heterocycles. The summed E-state index contributed by atoms with van der Waals surface area (Å²) in [5.74, 6) is 0.490. The third kappa shape index (κ3) is 4.00. The molecule has 0 unspecified atom stereocenters. The van der Waals surface area contributed by atoms with Crippen molar-refractivity contribution in [1.29, 1.82) is 0 Å². The van der Waals surface area contributed by atoms with Crippen LogP contribution in [0.15, 0.2) is 24.3 Å². The Kier molecular flexibility index (Phi) is 4.76. The van der Waals surface area contributed by atoms with Gasteiger partial charge >= 0.3 is 0 Å². The van der Waals surface area contributed by atoms with Gasteiger partial charge in [0.15, 0.2) is 0 Å². The van der Waals surface area contributed by atoms with Gasteiger partial charge in [0.1, 0.15) is 5.82 Å². The Morgan fingerprint density at radius 2 is 2.07 bits per heavy atom. The number of nitrogens with one attached hydrogen (secondary N) is 1. The van der Waals surface area contributed by atoms with Crippen molar-refractivity contribution in [3.63, 3.8) is 0 Å². The molecule has 0 saturated carbocycles. The van der Waals surface area contributed by atoms with E-state index in [1.807, 2.05) is 6.07 Å². The topological polar surface area (TPSA) is 12.0 Å². The van der Waals surface area contributed by atoms with Gasteiger partial charge in [0.2, 0.25) is 0 Å². The maximum Gasteiger partial charge on any atom is 0.123 e. The maximum atomic E-state index is 12.9. The Labute approximate surface area is 91.7 Å². The summed E-state index contributed by atoms with van der Waals surface area (Å²) in [6.45, 7) is 7.32. The molecule has 84 valence electrons. The Morgan fingerprint density at radius 1 is 1.33 bits per heavy atom. The molecule has 15 heavy (non-hydrogen) atoms. The van der Waals surface area contributed by atoms with Gasteiger partial charge in [0.25, 0.3) is 0 Å². The molecule has 0 amide bonds. The highest BCUT2D eigenvalue weighted by Crippen LogP contribution is 2.08. The summed E-state index contributed by atoms with van der Waals surface area (Å²) in [6, 6.07) is 7.22. The second-order valence-corrected chi connectivity index (χ2v) is 4.19. The van der Waals surface area contributed by atoms with Gasteiger partial charge in [0, 0.05) is 12.6 Å². The molecule has 0 aliphatic rings. The standard InChI is InChI=1S/C13H20FN/c1-4-10(2)11(3)15-9-12-6-5-7-13(14)8-12/h5-8,10-11,15H,4,9H2,1-3H3/t10-,11-/m0/s1. The van der Waals surface area contributed by atoms with Crippen LogP contribution < -0.4 is 5.32 Å². The van der Waals surface area contributed by atoms with Crippen molar-refractivity contribution < 1.29 is 4.39 Å². The monoisotopic (exact) mass is 209 g/mol. The first-order valence-electron chi connectivity index (χ1n) is 5.61. The second kappa shape index (κ2) is 5.86. The SMILES string of the molecule is CC[C@H](C)[C@H](C)NCc1cccc(F)c1. The van der Waals surface area contributed by atoms with Gasteiger partial charge in [-0.25, -0.2) is 4.39 Å². The largest absolute Gasteiger partial charge is 0.310 e. The van der Waals surface area contributed by atoms with E-state index in [0.717, 1.165) is 18.5 Å². The summed E-state index contributed by atoms with van der Waals surface area (Å²) in [5.41, 5.74) is 1.00. The highest BCUT2D eigenvalue weighted by molar-refractivity contribution is 5.16. The van der Waals surface area contributed by atoms with E-state index in [0.29, 0.717) is 12.0 Å². The summed E-state index contributed by atoms with van der Waals surface area (Å²) in [7, 11) is 0. The van der Waals surface area contributed by atoms with Crippen LogP contribution in [0.25, 0.3) is 0 Å². The molecule has 2 heteroatoms. The van der Waals surface area contributed by atoms with Gasteiger partial charge in [-0.3, -0.25) is 0 Å². The van der Waals surface area contributed by atoms with Crippen molar-refractivity contribution in [2.75, 3.05) is 0 Å². The van der Waals surface area contributed by atoms with Crippen molar-refractivity contribution in [3.05, 3.63) is 35.6 Å². The van der Waals surface area contributed by atoms with Crippen molar-refractivity contribution >= 4 is 0 Å². The Morgan fingerprint density at radius 3 is 2.67 bits per heavy atom. The van der Waals surface area contributed by atoms with Crippen LogP contribution in [0.3, 0.4) is 0 Å². The number of hydrogen-bond acceptors (Lipinski definition) is 1. The van der Waals surface area contributed by atoms with Gasteiger partial charge < -0.3 is 5.32 Å². The first-order chi connectivity index (χ1) is 7.13. The first kappa shape index (κ1) is 12.2. The number of hydrogen-bond donors (Lipinski definition) is 1. The molecule has 0 aliphatic carbocycles. The fraction of sp³-hybridized carbons (Fsp3) is 0.538. The molecule has 1 nitrogen and oxygen atoms in total. The molecule has 0 spiro atoms. The molecule has 0 fully saturated rings. The highest BCUT2D eigenvalue weighted by atomic mass is 19.1. The molecule has 0 radical (unpaired) electrons. The molecule has 0 heterocycles. The fourth-order valence-corrected chi connectivity index (χ4v) is 1.48. The molecule has 1 aromatic rings. The van der Waals surface area contributed by atoms with Crippen LogP contribution in [0, 0.1) is 11.7 Å². The summed E-state index contributed by atoms with van der Waals surface area (Å²) in [6.07, 6.45) is 1.16. The van der Waals surface area contributed by atoms with E-state index in [1.165, 1.54) is 6.07 Å². The third-order valence-corrected chi connectivity index (χ3v) is 3.01. The van der Waals surface area contributed by atoms with Crippen LogP contribution in [0.2, 0.25) is 0 Å². The molecule has 0 bridgehead atoms. The van der Waals surface area contributed by atoms with Gasteiger partial charge in [-0.05, 0) is 30.5 Å². The van der Waals surface area contributed by atoms with E-state index >= 15 is 0 Å². The summed E-state index contributed by atoms with van der Waals surface area (Å²) >= 11 is 0. The predicted molar refractivity (Wildman–Crippen MR) is 62.2 cm³/mol. The zero-order valence-electron chi connectivity index (χ0n) is 9.76. The minimum Gasteiger partial charge on any atom is -0.310 e. The lowest BCUT2D eigenvalue weighted by Gasteiger charge is -2.19. The minimum atomic E-state index is -0.162. The van der Waals surface area contributed by atoms with Gasteiger partial charge in [-0.2, -0.15) is 0 Å². The smallest absolute Gasteiger partial charge is 0.123 e. The number of benzene rings is 1. The minimum absolute atomic E-state index is 0.162. The molecule has 1 rings (SSSR count). The van der Waals surface area contributed by atoms with Gasteiger partial charge in [0.05, 0.1) is 0 Å². The van der Waals surface area contributed by atoms with Crippen LogP contribution in [0.1, 0.15) is 32.8 Å². The fourth-order valence-electron chi connectivity index (χ4n) is 1.48. The van der Waals surface area contributed by atoms with Crippen LogP contribution >= 0.6 is 0 Å². The molecular formula is C13H20FN. The van der Waals surface area contributed by atoms with Crippen molar-refractivity contribution in [1.82, 2.24) is 5.32 Å². The van der Waals surface area contributed by atoms with E-state index in [2.05, 4.69) is 26.1 Å². The van der Waals surface area contributed by atoms with E-state index in [4.69, 9.17) is 0 Å². The number of halogens is 1. The van der Waals surface area contributed by atoms with Crippen molar-refractivity contribution in [2.45, 2.75) is 39.8 Å². The second-order valence-electron chi connectivity index (χ2n) is 4.19. The zero-order chi connectivity index (χ0) is 11.3. The molecule has 0 saturated heterocycles. The molecular weight excluding hydrogens is 189 g/mol. The third-order valence-electron chi connectivity index (χ3n) is 3.01. The van der Waals surface area contributed by atoms with Crippen molar-refractivity contribution in [3.8, 4) is 0 Å². The Balaban J connectivity index is 2.43. The zero-order valence-corrected chi connectivity index (χ0v) is 9.76. The highest BCUT2D eigenvalue weighted by Gasteiger charge is 2.08. The van der Waals surface area contributed by atoms with Gasteiger partial charge in [-0.15, -0.1) is 0 Å². The van der Waals surface area contributed by atoms with E-state index < -0.39 is 0 Å². The normalized spacial score (nSPS) is 14.9. The predicted octanol–water partition coefficient (Wildman–Crippen LogP) is 3.35. The quantitative estimate of drug-likeness (QED) is 0.784. The van der Waals surface area contributed by atoms with Crippen LogP contribution in [0.5, 0.6) is 0 Å². The maximum absolute atomic E-state index is 12.9. The summed E-state index contributed by atoms with van der Waals surface area (Å²) < 4.78 is 12.9. The lowest BCUT2D eigenvalue weighted by molar-refractivity contribution is 0.389.